The van der Waals surface area contributed by atoms with Crippen LogP contribution in [0.2, 0.25) is 0 Å². The van der Waals surface area contributed by atoms with Crippen LogP contribution in [0.5, 0.6) is 0 Å². The molecular weight excluding hydrogens is 352 g/mol. The largest absolute Gasteiger partial charge is 0.461 e. The van der Waals surface area contributed by atoms with E-state index in [4.69, 9.17) is 14.2 Å². The summed E-state index contributed by atoms with van der Waals surface area (Å²) in [5.41, 5.74) is -0.554. The highest BCUT2D eigenvalue weighted by molar-refractivity contribution is 5.88. The van der Waals surface area contributed by atoms with Gasteiger partial charge in [-0.3, -0.25) is 0 Å². The lowest BCUT2D eigenvalue weighted by molar-refractivity contribution is -0.164. The zero-order valence-corrected chi connectivity index (χ0v) is 16.6. The second-order valence-corrected chi connectivity index (χ2v) is 6.72. The third kappa shape index (κ3) is 7.78. The number of aliphatic hydroxyl groups excluding tert-OH is 1. The molecule has 1 unspecified atom stereocenters. The number of ether oxygens (including phenoxy) is 3. The number of esters is 3. The molecule has 0 aromatic carbocycles. The molecule has 0 aliphatic rings. The fraction of sp³-hybridized carbons (Fsp3) is 0.550. The first-order valence-corrected chi connectivity index (χ1v) is 8.59. The molecule has 0 radical (unpaired) electrons. The number of aliphatic hydroxyl groups is 1. The van der Waals surface area contributed by atoms with Crippen LogP contribution in [-0.4, -0.2) is 49.4 Å². The van der Waals surface area contributed by atoms with Crippen molar-refractivity contribution in [1.29, 1.82) is 0 Å². The summed E-state index contributed by atoms with van der Waals surface area (Å²) in [6, 6.07) is 0. The second-order valence-electron chi connectivity index (χ2n) is 6.72. The summed E-state index contributed by atoms with van der Waals surface area (Å²) in [6.07, 6.45) is 0.469. The van der Waals surface area contributed by atoms with Crippen LogP contribution in [0.1, 0.15) is 34.1 Å². The van der Waals surface area contributed by atoms with Crippen LogP contribution in [0.15, 0.2) is 36.5 Å². The van der Waals surface area contributed by atoms with Crippen LogP contribution in [-0.2, 0) is 28.6 Å². The molecule has 0 bridgehead atoms. The Morgan fingerprint density at radius 2 is 1.11 bits per heavy atom. The quantitative estimate of drug-likeness (QED) is 0.314. The molecule has 7 nitrogen and oxygen atoms in total. The van der Waals surface area contributed by atoms with E-state index in [0.717, 1.165) is 0 Å². The molecular formula is C20H30O7. The number of rotatable bonds is 12. The van der Waals surface area contributed by atoms with Gasteiger partial charge in [0.05, 0.1) is 5.41 Å². The van der Waals surface area contributed by atoms with Crippen LogP contribution in [0.4, 0.5) is 0 Å². The zero-order valence-electron chi connectivity index (χ0n) is 16.6. The van der Waals surface area contributed by atoms with Crippen LogP contribution in [0.3, 0.4) is 0 Å². The van der Waals surface area contributed by atoms with Crippen molar-refractivity contribution < 1.29 is 33.7 Å². The van der Waals surface area contributed by atoms with E-state index in [1.54, 1.807) is 0 Å². The molecule has 0 heterocycles. The molecule has 0 saturated heterocycles. The van der Waals surface area contributed by atoms with Crippen molar-refractivity contribution in [3.8, 4) is 0 Å². The van der Waals surface area contributed by atoms with E-state index in [9.17, 15) is 19.5 Å². The van der Waals surface area contributed by atoms with Gasteiger partial charge < -0.3 is 19.3 Å². The Kier molecular flexibility index (Phi) is 10.3. The van der Waals surface area contributed by atoms with E-state index in [1.165, 1.54) is 20.8 Å². The second kappa shape index (κ2) is 11.3. The Morgan fingerprint density at radius 3 is 1.30 bits per heavy atom. The summed E-state index contributed by atoms with van der Waals surface area (Å²) in [7, 11) is 0. The highest BCUT2D eigenvalue weighted by Gasteiger charge is 2.42. The lowest BCUT2D eigenvalue weighted by atomic mass is 9.76. The molecule has 0 aliphatic carbocycles. The molecule has 0 aromatic heterocycles. The average molecular weight is 382 g/mol. The third-order valence-electron chi connectivity index (χ3n) is 4.10. The smallest absolute Gasteiger partial charge is 0.333 e. The molecule has 1 N–H and O–H groups in total. The van der Waals surface area contributed by atoms with Crippen molar-refractivity contribution in [3.63, 3.8) is 0 Å². The Labute approximate surface area is 160 Å². The first-order chi connectivity index (χ1) is 12.5. The fourth-order valence-electron chi connectivity index (χ4n) is 2.23. The number of hydrogen-bond donors (Lipinski definition) is 1. The van der Waals surface area contributed by atoms with Gasteiger partial charge in [-0.25, -0.2) is 14.4 Å². The van der Waals surface area contributed by atoms with E-state index >= 15 is 0 Å². The molecule has 0 spiro atoms. The maximum Gasteiger partial charge on any atom is 0.333 e. The SMILES string of the molecule is C=C(C)C(=O)OCC(COC(=O)C(=C)C)(COC(=O)C(=C)C)C(CC)CO. The predicted molar refractivity (Wildman–Crippen MR) is 101 cm³/mol. The van der Waals surface area contributed by atoms with Crippen molar-refractivity contribution in [2.75, 3.05) is 26.4 Å². The lowest BCUT2D eigenvalue weighted by Crippen LogP contribution is -2.46. The minimum absolute atomic E-state index is 0.193. The summed E-state index contributed by atoms with van der Waals surface area (Å²) < 4.78 is 15.8. The van der Waals surface area contributed by atoms with E-state index in [-0.39, 0.29) is 43.1 Å². The molecule has 27 heavy (non-hydrogen) atoms. The van der Waals surface area contributed by atoms with Gasteiger partial charge in [0.1, 0.15) is 19.8 Å². The summed E-state index contributed by atoms with van der Waals surface area (Å²) in [5, 5.41) is 9.81. The molecule has 1 atom stereocenters. The summed E-state index contributed by atoms with van der Waals surface area (Å²) in [4.78, 5) is 35.6. The summed E-state index contributed by atoms with van der Waals surface area (Å²) in [6.45, 7) is 15.9. The molecule has 0 fully saturated rings. The van der Waals surface area contributed by atoms with Crippen molar-refractivity contribution in [2.24, 2.45) is 11.3 Å². The van der Waals surface area contributed by atoms with Crippen LogP contribution < -0.4 is 0 Å². The predicted octanol–water partition coefficient (Wildman–Crippen LogP) is 2.35. The summed E-state index contributed by atoms with van der Waals surface area (Å²) >= 11 is 0. The van der Waals surface area contributed by atoms with Crippen molar-refractivity contribution >= 4 is 17.9 Å². The highest BCUT2D eigenvalue weighted by Crippen LogP contribution is 2.33. The van der Waals surface area contributed by atoms with E-state index in [1.807, 2.05) is 6.92 Å². The molecule has 0 aromatic rings. The van der Waals surface area contributed by atoms with Gasteiger partial charge in [-0.1, -0.05) is 33.1 Å². The van der Waals surface area contributed by atoms with E-state index in [0.29, 0.717) is 6.42 Å². The minimum Gasteiger partial charge on any atom is -0.461 e. The van der Waals surface area contributed by atoms with Crippen molar-refractivity contribution in [1.82, 2.24) is 0 Å². The third-order valence-corrected chi connectivity index (χ3v) is 4.10. The standard InChI is InChI=1S/C20H30O7/c1-8-16(9-21)20(10-25-17(22)13(2)3,11-26-18(23)14(4)5)12-27-19(24)15(6)7/h16,21H,2,4,6,8-12H2,1,3,5,7H3. The minimum atomic E-state index is -1.13. The molecule has 0 saturated carbocycles. The first kappa shape index (κ1) is 24.6. The van der Waals surface area contributed by atoms with Gasteiger partial charge in [0.25, 0.3) is 0 Å². The van der Waals surface area contributed by atoms with Crippen molar-refractivity contribution in [3.05, 3.63) is 36.5 Å². The molecule has 0 rings (SSSR count). The molecule has 0 aliphatic heterocycles. The monoisotopic (exact) mass is 382 g/mol. The topological polar surface area (TPSA) is 99.1 Å². The zero-order chi connectivity index (χ0) is 21.2. The molecule has 7 heteroatoms. The van der Waals surface area contributed by atoms with E-state index in [2.05, 4.69) is 19.7 Å². The van der Waals surface area contributed by atoms with E-state index < -0.39 is 29.2 Å². The maximum atomic E-state index is 11.9. The van der Waals surface area contributed by atoms with Gasteiger partial charge >= 0.3 is 17.9 Å². The van der Waals surface area contributed by atoms with Gasteiger partial charge in [0.2, 0.25) is 0 Å². The Balaban J connectivity index is 5.70. The molecule has 152 valence electrons. The number of carbonyl (C=O) groups is 3. The highest BCUT2D eigenvalue weighted by atomic mass is 16.6. The van der Waals surface area contributed by atoms with Crippen LogP contribution >= 0.6 is 0 Å². The van der Waals surface area contributed by atoms with Gasteiger partial charge in [0.15, 0.2) is 0 Å². The van der Waals surface area contributed by atoms with Gasteiger partial charge in [-0.2, -0.15) is 0 Å². The van der Waals surface area contributed by atoms with Gasteiger partial charge in [0, 0.05) is 23.3 Å². The van der Waals surface area contributed by atoms with Crippen molar-refractivity contribution in [2.45, 2.75) is 34.1 Å². The summed E-state index contributed by atoms with van der Waals surface area (Å²) in [5.74, 6) is -2.37. The molecule has 0 amide bonds. The van der Waals surface area contributed by atoms with Gasteiger partial charge in [-0.05, 0) is 26.7 Å². The first-order valence-electron chi connectivity index (χ1n) is 8.59. The Morgan fingerprint density at radius 1 is 0.815 bits per heavy atom. The average Bonchev–Trinajstić information content (AvgIpc) is 2.61. The van der Waals surface area contributed by atoms with Crippen LogP contribution in [0, 0.1) is 11.3 Å². The number of carbonyl (C=O) groups excluding carboxylic acids is 3. The normalized spacial score (nSPS) is 11.9. The Bertz CT molecular complexity index is 525. The maximum absolute atomic E-state index is 11.9. The fourth-order valence-corrected chi connectivity index (χ4v) is 2.23. The lowest BCUT2D eigenvalue weighted by Gasteiger charge is -2.38. The van der Waals surface area contributed by atoms with Gasteiger partial charge in [-0.15, -0.1) is 0 Å². The Hall–Kier alpha value is -2.41. The van der Waals surface area contributed by atoms with Crippen LogP contribution in [0.25, 0.3) is 0 Å². The number of hydrogen-bond acceptors (Lipinski definition) is 7.